The van der Waals surface area contributed by atoms with Crippen molar-refractivity contribution in [3.8, 4) is 0 Å². The van der Waals surface area contributed by atoms with E-state index in [4.69, 9.17) is 19.9 Å². The van der Waals surface area contributed by atoms with Crippen LogP contribution in [0.2, 0.25) is 0 Å². The lowest BCUT2D eigenvalue weighted by Crippen LogP contribution is -2.45. The van der Waals surface area contributed by atoms with E-state index in [9.17, 15) is 33.6 Å². The Kier molecular flexibility index (Phi) is 15.2. The first-order valence-electron chi connectivity index (χ1n) is 18.6. The van der Waals surface area contributed by atoms with Crippen LogP contribution in [0.5, 0.6) is 0 Å². The van der Waals surface area contributed by atoms with E-state index in [2.05, 4.69) is 30.6 Å². The first-order valence-corrected chi connectivity index (χ1v) is 18.6. The molecule has 0 bridgehead atoms. The van der Waals surface area contributed by atoms with Gasteiger partial charge in [-0.3, -0.25) is 38.7 Å². The monoisotopic (exact) mass is 790 g/mol. The van der Waals surface area contributed by atoms with Crippen molar-refractivity contribution in [1.82, 2.24) is 30.2 Å². The van der Waals surface area contributed by atoms with E-state index in [1.807, 2.05) is 27.7 Å². The topological polar surface area (TPSA) is 255 Å². The molecule has 1 aliphatic heterocycles. The number of aromatic amines is 1. The van der Waals surface area contributed by atoms with Crippen molar-refractivity contribution in [2.45, 2.75) is 91.0 Å². The van der Waals surface area contributed by atoms with Crippen molar-refractivity contribution in [1.29, 1.82) is 0 Å². The number of anilines is 2. The molecule has 0 aliphatic carbocycles. The molecule has 0 saturated heterocycles. The summed E-state index contributed by atoms with van der Waals surface area (Å²) >= 11 is 0. The van der Waals surface area contributed by atoms with Gasteiger partial charge in [-0.05, 0) is 50.5 Å². The zero-order valence-corrected chi connectivity index (χ0v) is 32.8. The highest BCUT2D eigenvalue weighted by Gasteiger charge is 2.39. The number of rotatable bonds is 22. The smallest absolute Gasteiger partial charge is 0.328 e. The summed E-state index contributed by atoms with van der Waals surface area (Å²) in [6, 6.07) is 5.42. The van der Waals surface area contributed by atoms with Crippen molar-refractivity contribution >= 4 is 58.1 Å². The average molecular weight is 791 g/mol. The van der Waals surface area contributed by atoms with Gasteiger partial charge in [-0.1, -0.05) is 20.8 Å². The van der Waals surface area contributed by atoms with Crippen LogP contribution in [0, 0.1) is 5.41 Å². The molecule has 57 heavy (non-hydrogen) atoms. The molecule has 3 amide bonds. The van der Waals surface area contributed by atoms with Crippen molar-refractivity contribution < 1.29 is 43.0 Å². The van der Waals surface area contributed by atoms with Crippen LogP contribution in [0.3, 0.4) is 0 Å². The SMILES string of the molecule is COC(=O)[C@H](CCC(=O)CCCOC(C)(OCCCC(=O)CCN1C(=O)C=CC1=O)C(C)(C)C)NC(=O)c1ccc(NCc2cnc3nc(N)[nH]c(=O)c3n2)cc1. The number of nitrogens with two attached hydrogens (primary N) is 1. The quantitative estimate of drug-likeness (QED) is 0.0494. The summed E-state index contributed by atoms with van der Waals surface area (Å²) in [6.07, 6.45) is 5.20. The molecule has 18 nitrogen and oxygen atoms in total. The van der Waals surface area contributed by atoms with E-state index in [1.165, 1.54) is 25.5 Å². The fraction of sp³-hybridized carbons (Fsp3) is 0.487. The zero-order chi connectivity index (χ0) is 41.8. The van der Waals surface area contributed by atoms with Crippen LogP contribution in [0.1, 0.15) is 88.7 Å². The number of nitrogen functional groups attached to an aromatic ring is 1. The predicted molar refractivity (Wildman–Crippen MR) is 207 cm³/mol. The van der Waals surface area contributed by atoms with Crippen LogP contribution < -0.4 is 21.9 Å². The van der Waals surface area contributed by atoms with E-state index >= 15 is 0 Å². The predicted octanol–water partition coefficient (Wildman–Crippen LogP) is 2.77. The number of ketones is 2. The second-order valence-electron chi connectivity index (χ2n) is 14.6. The highest BCUT2D eigenvalue weighted by Crippen LogP contribution is 2.35. The van der Waals surface area contributed by atoms with E-state index < -0.39 is 46.5 Å². The Morgan fingerprint density at radius 1 is 0.877 bits per heavy atom. The number of amides is 3. The highest BCUT2D eigenvalue weighted by atomic mass is 16.7. The highest BCUT2D eigenvalue weighted by molar-refractivity contribution is 6.13. The lowest BCUT2D eigenvalue weighted by molar-refractivity contribution is -0.278. The number of hydrogen-bond acceptors (Lipinski definition) is 15. The Hall–Kier alpha value is -5.88. The summed E-state index contributed by atoms with van der Waals surface area (Å²) in [4.78, 5) is 102. The standard InChI is InChI=1S/C39H50N8O10/c1-38(2,3)39(4,57-21-7-9-28(49)18-19-47-30(50)16-17-31(47)51)56-20-6-8-27(48)14-15-29(36(54)55-5)44-34(52)24-10-12-25(13-11-24)41-22-26-23-42-33-32(43-26)35(53)46-37(40)45-33/h10-13,16-17,23,29,41H,6-9,14-15,18-22H2,1-5H3,(H,44,52)(H3,40,42,45,46,53)/t29-,39?/m0/s1. The fourth-order valence-corrected chi connectivity index (χ4v) is 5.61. The van der Waals surface area contributed by atoms with E-state index in [0.717, 1.165) is 4.90 Å². The molecule has 0 saturated carbocycles. The van der Waals surface area contributed by atoms with Crippen molar-refractivity contribution in [2.75, 3.05) is 37.9 Å². The van der Waals surface area contributed by atoms with Crippen LogP contribution in [-0.4, -0.2) is 98.8 Å². The maximum absolute atomic E-state index is 13.0. The number of fused-ring (bicyclic) bond motifs is 1. The number of H-pyrrole nitrogens is 1. The van der Waals surface area contributed by atoms with Gasteiger partial charge in [-0.25, -0.2) is 14.8 Å². The number of ether oxygens (including phenoxy) is 3. The molecule has 2 atom stereocenters. The van der Waals surface area contributed by atoms with E-state index in [0.29, 0.717) is 24.2 Å². The molecule has 1 aliphatic rings. The minimum atomic E-state index is -1.05. The number of carbonyl (C=O) groups excluding carboxylic acids is 6. The number of nitrogens with one attached hydrogen (secondary N) is 3. The Balaban J connectivity index is 1.17. The normalized spacial score (nSPS) is 14.4. The number of benzene rings is 1. The largest absolute Gasteiger partial charge is 0.467 e. The molecule has 1 unspecified atom stereocenters. The number of hydrogen-bond donors (Lipinski definition) is 4. The third-order valence-corrected chi connectivity index (χ3v) is 9.44. The molecule has 3 aromatic rings. The maximum atomic E-state index is 13.0. The Bertz CT molecular complexity index is 2020. The van der Waals surface area contributed by atoms with Gasteiger partial charge in [0.15, 0.2) is 17.0 Å². The second kappa shape index (κ2) is 19.8. The summed E-state index contributed by atoms with van der Waals surface area (Å²) in [6.45, 7) is 8.41. The number of carbonyl (C=O) groups is 6. The van der Waals surface area contributed by atoms with Gasteiger partial charge in [0.25, 0.3) is 23.3 Å². The molecule has 3 heterocycles. The molecular weight excluding hydrogens is 740 g/mol. The Morgan fingerprint density at radius 3 is 2.09 bits per heavy atom. The van der Waals surface area contributed by atoms with E-state index in [1.54, 1.807) is 24.3 Å². The molecule has 306 valence electrons. The second-order valence-corrected chi connectivity index (χ2v) is 14.6. The molecule has 0 radical (unpaired) electrons. The summed E-state index contributed by atoms with van der Waals surface area (Å²) in [7, 11) is 1.20. The van der Waals surface area contributed by atoms with Crippen molar-refractivity contribution in [2.24, 2.45) is 5.41 Å². The van der Waals surface area contributed by atoms with Gasteiger partial charge >= 0.3 is 5.97 Å². The molecule has 18 heteroatoms. The van der Waals surface area contributed by atoms with Gasteiger partial charge < -0.3 is 30.6 Å². The fourth-order valence-electron chi connectivity index (χ4n) is 5.61. The van der Waals surface area contributed by atoms with Gasteiger partial charge in [-0.15, -0.1) is 0 Å². The van der Waals surface area contributed by atoms with Crippen LogP contribution in [0.25, 0.3) is 11.2 Å². The molecule has 4 rings (SSSR count). The maximum Gasteiger partial charge on any atom is 0.328 e. The van der Waals surface area contributed by atoms with Gasteiger partial charge in [0.1, 0.15) is 17.6 Å². The molecule has 2 aromatic heterocycles. The Labute approximate surface area is 329 Å². The number of aromatic nitrogens is 4. The van der Waals surface area contributed by atoms with Crippen LogP contribution in [0.15, 0.2) is 47.4 Å². The van der Waals surface area contributed by atoms with E-state index in [-0.39, 0.29) is 92.6 Å². The third-order valence-electron chi connectivity index (χ3n) is 9.44. The van der Waals surface area contributed by atoms with Crippen LogP contribution in [-0.2, 0) is 44.7 Å². The summed E-state index contributed by atoms with van der Waals surface area (Å²) in [5.74, 6) is -3.32. The number of esters is 1. The Morgan fingerprint density at radius 2 is 1.49 bits per heavy atom. The van der Waals surface area contributed by atoms with Gasteiger partial charge in [0.2, 0.25) is 5.95 Å². The van der Waals surface area contributed by atoms with Gasteiger partial charge in [0, 0.05) is 61.0 Å². The van der Waals surface area contributed by atoms with Crippen LogP contribution in [0.4, 0.5) is 11.6 Å². The first kappa shape index (κ1) is 43.8. The van der Waals surface area contributed by atoms with Gasteiger partial charge in [0.05, 0.1) is 38.8 Å². The van der Waals surface area contributed by atoms with Crippen molar-refractivity contribution in [3.05, 3.63) is 64.2 Å². The molecule has 1 aromatic carbocycles. The number of imide groups is 1. The molecule has 5 N–H and O–H groups in total. The molecule has 0 fully saturated rings. The number of methoxy groups -OCH3 is 1. The number of nitrogens with zero attached hydrogens (tertiary/aromatic N) is 4. The minimum Gasteiger partial charge on any atom is -0.467 e. The summed E-state index contributed by atoms with van der Waals surface area (Å²) < 4.78 is 17.1. The minimum absolute atomic E-state index is 0.0214. The zero-order valence-electron chi connectivity index (χ0n) is 32.8. The average Bonchev–Trinajstić information content (AvgIpc) is 3.50. The number of Topliss-reactive ketones (excluding diaryl/α,β-unsaturated/α-hetero) is 2. The molecule has 0 spiro atoms. The van der Waals surface area contributed by atoms with Crippen LogP contribution >= 0.6 is 0 Å². The third kappa shape index (κ3) is 12.6. The molecular formula is C39H50N8O10. The van der Waals surface area contributed by atoms with Gasteiger partial charge in [-0.2, -0.15) is 4.98 Å². The lowest BCUT2D eigenvalue weighted by atomic mass is 9.86. The lowest BCUT2D eigenvalue weighted by Gasteiger charge is -2.41. The first-order chi connectivity index (χ1) is 27.0. The van der Waals surface area contributed by atoms with Crippen molar-refractivity contribution in [3.63, 3.8) is 0 Å². The summed E-state index contributed by atoms with van der Waals surface area (Å²) in [5.41, 5.74) is 6.20. The summed E-state index contributed by atoms with van der Waals surface area (Å²) in [5, 5.41) is 5.79.